The van der Waals surface area contributed by atoms with Crippen molar-refractivity contribution >= 4 is 32.8 Å². The molecule has 1 aromatic rings. The molecular formula is C9H9FIN3O2S. The fourth-order valence-electron chi connectivity index (χ4n) is 1.54. The van der Waals surface area contributed by atoms with Gasteiger partial charge in [-0.25, -0.2) is 0 Å². The number of hydrogen-bond acceptors (Lipinski definition) is 3. The van der Waals surface area contributed by atoms with E-state index in [9.17, 15) is 12.3 Å². The molecule has 0 aliphatic heterocycles. The second-order valence-electron chi connectivity index (χ2n) is 3.42. The molecule has 0 heterocycles. The molecule has 0 fully saturated rings. The van der Waals surface area contributed by atoms with Gasteiger partial charge in [0, 0.05) is 8.48 Å². The summed E-state index contributed by atoms with van der Waals surface area (Å²) in [5, 5.41) is 3.36. The second kappa shape index (κ2) is 5.19. The highest BCUT2D eigenvalue weighted by Crippen LogP contribution is 2.29. The standard InChI is InChI=1S/C9H9FIN3O2S/c1-5-7(4-13-14-12)3-8(11)6(2)9(5)17(10,15)16/h3H,4H2,1-2H3. The van der Waals surface area contributed by atoms with Crippen LogP contribution in [0.15, 0.2) is 16.1 Å². The Morgan fingerprint density at radius 1 is 1.47 bits per heavy atom. The van der Waals surface area contributed by atoms with Crippen molar-refractivity contribution in [1.29, 1.82) is 0 Å². The van der Waals surface area contributed by atoms with Crippen LogP contribution in [0.5, 0.6) is 0 Å². The second-order valence-corrected chi connectivity index (χ2v) is 5.87. The average Bonchev–Trinajstić information content (AvgIpc) is 2.20. The fraction of sp³-hybridized carbons (Fsp3) is 0.333. The summed E-state index contributed by atoms with van der Waals surface area (Å²) in [6, 6.07) is 1.69. The van der Waals surface area contributed by atoms with Crippen LogP contribution in [0.25, 0.3) is 10.4 Å². The fourth-order valence-corrected chi connectivity index (χ4v) is 3.34. The van der Waals surface area contributed by atoms with Crippen LogP contribution < -0.4 is 0 Å². The molecule has 1 rings (SSSR count). The summed E-state index contributed by atoms with van der Waals surface area (Å²) in [4.78, 5) is 2.27. The van der Waals surface area contributed by atoms with Gasteiger partial charge in [-0.3, -0.25) is 0 Å². The predicted molar refractivity (Wildman–Crippen MR) is 69.8 cm³/mol. The smallest absolute Gasteiger partial charge is 0.189 e. The number of rotatable bonds is 3. The van der Waals surface area contributed by atoms with Crippen molar-refractivity contribution in [3.05, 3.63) is 36.8 Å². The zero-order chi connectivity index (χ0) is 13.2. The van der Waals surface area contributed by atoms with Crippen LogP contribution >= 0.6 is 22.6 Å². The maximum atomic E-state index is 13.2. The number of azide groups is 1. The van der Waals surface area contributed by atoms with E-state index >= 15 is 0 Å². The highest BCUT2D eigenvalue weighted by Gasteiger charge is 2.22. The third-order valence-electron chi connectivity index (χ3n) is 2.37. The first-order valence-corrected chi connectivity index (χ1v) is 6.99. The molecule has 0 saturated heterocycles. The first-order chi connectivity index (χ1) is 7.79. The topological polar surface area (TPSA) is 82.9 Å². The van der Waals surface area contributed by atoms with Crippen molar-refractivity contribution in [2.24, 2.45) is 5.11 Å². The lowest BCUT2D eigenvalue weighted by Gasteiger charge is -2.12. The Bertz CT molecular complexity index is 609. The van der Waals surface area contributed by atoms with Crippen molar-refractivity contribution in [2.75, 3.05) is 0 Å². The van der Waals surface area contributed by atoms with E-state index in [2.05, 4.69) is 10.0 Å². The molecule has 0 N–H and O–H groups in total. The quantitative estimate of drug-likeness (QED) is 0.269. The summed E-state index contributed by atoms with van der Waals surface area (Å²) in [6.45, 7) is 3.04. The molecule has 92 valence electrons. The van der Waals surface area contributed by atoms with Gasteiger partial charge in [0.25, 0.3) is 0 Å². The van der Waals surface area contributed by atoms with Crippen molar-refractivity contribution in [3.8, 4) is 0 Å². The third kappa shape index (κ3) is 3.08. The molecule has 1 aromatic carbocycles. The van der Waals surface area contributed by atoms with Crippen LogP contribution in [0.3, 0.4) is 0 Å². The van der Waals surface area contributed by atoms with Gasteiger partial charge in [-0.1, -0.05) is 5.11 Å². The molecule has 5 nitrogen and oxygen atoms in total. The molecule has 0 aliphatic rings. The summed E-state index contributed by atoms with van der Waals surface area (Å²) in [5.41, 5.74) is 9.40. The predicted octanol–water partition coefficient (Wildman–Crippen LogP) is 3.38. The highest BCUT2D eigenvalue weighted by atomic mass is 127. The molecule has 0 unspecified atom stereocenters. The van der Waals surface area contributed by atoms with Gasteiger partial charge >= 0.3 is 10.2 Å². The van der Waals surface area contributed by atoms with Gasteiger partial charge in [-0.2, -0.15) is 8.42 Å². The average molecular weight is 369 g/mol. The summed E-state index contributed by atoms with van der Waals surface area (Å²) in [5.74, 6) is 0. The Hall–Kier alpha value is -0.860. The number of nitrogens with zero attached hydrogens (tertiary/aromatic N) is 3. The lowest BCUT2D eigenvalue weighted by molar-refractivity contribution is 0.550. The van der Waals surface area contributed by atoms with Gasteiger partial charge in [0.2, 0.25) is 0 Å². The van der Waals surface area contributed by atoms with E-state index in [-0.39, 0.29) is 17.0 Å². The van der Waals surface area contributed by atoms with Crippen LogP contribution in [0.4, 0.5) is 3.89 Å². The van der Waals surface area contributed by atoms with Crippen LogP contribution in [0.1, 0.15) is 16.7 Å². The van der Waals surface area contributed by atoms with E-state index in [1.54, 1.807) is 13.0 Å². The first-order valence-electron chi connectivity index (χ1n) is 4.53. The van der Waals surface area contributed by atoms with Gasteiger partial charge in [-0.05, 0) is 64.7 Å². The molecule has 0 radical (unpaired) electrons. The Kier molecular flexibility index (Phi) is 4.34. The molecule has 0 saturated carbocycles. The van der Waals surface area contributed by atoms with Crippen molar-refractivity contribution < 1.29 is 12.3 Å². The van der Waals surface area contributed by atoms with E-state index in [4.69, 9.17) is 5.53 Å². The summed E-state index contributed by atoms with van der Waals surface area (Å²) < 4.78 is 36.0. The summed E-state index contributed by atoms with van der Waals surface area (Å²) >= 11 is 1.92. The maximum Gasteiger partial charge on any atom is 0.332 e. The van der Waals surface area contributed by atoms with E-state index in [0.29, 0.717) is 14.7 Å². The molecule has 0 aliphatic carbocycles. The Morgan fingerprint density at radius 2 is 2.06 bits per heavy atom. The number of hydrogen-bond donors (Lipinski definition) is 0. The van der Waals surface area contributed by atoms with Crippen molar-refractivity contribution in [2.45, 2.75) is 25.3 Å². The Morgan fingerprint density at radius 3 is 2.53 bits per heavy atom. The molecule has 0 aromatic heterocycles. The summed E-state index contributed by atoms with van der Waals surface area (Å²) in [7, 11) is -4.77. The zero-order valence-corrected chi connectivity index (χ0v) is 12.1. The minimum Gasteiger partial charge on any atom is -0.189 e. The molecule has 0 atom stereocenters. The van der Waals surface area contributed by atoms with Gasteiger partial charge in [-0.15, -0.1) is 3.89 Å². The molecule has 0 spiro atoms. The van der Waals surface area contributed by atoms with Crippen LogP contribution in [0, 0.1) is 17.4 Å². The van der Waals surface area contributed by atoms with Crippen LogP contribution in [-0.4, -0.2) is 8.42 Å². The Labute approximate surface area is 112 Å². The summed E-state index contributed by atoms with van der Waals surface area (Å²) in [6.07, 6.45) is 0. The first kappa shape index (κ1) is 14.2. The third-order valence-corrected chi connectivity index (χ3v) is 4.59. The van der Waals surface area contributed by atoms with E-state index < -0.39 is 10.2 Å². The van der Waals surface area contributed by atoms with E-state index in [0.717, 1.165) is 0 Å². The lowest BCUT2D eigenvalue weighted by atomic mass is 10.1. The van der Waals surface area contributed by atoms with Gasteiger partial charge in [0.1, 0.15) is 4.90 Å². The van der Waals surface area contributed by atoms with E-state index in [1.807, 2.05) is 22.6 Å². The Balaban J connectivity index is 3.59. The van der Waals surface area contributed by atoms with Gasteiger partial charge in [0.15, 0.2) is 0 Å². The van der Waals surface area contributed by atoms with Crippen molar-refractivity contribution in [3.63, 3.8) is 0 Å². The van der Waals surface area contributed by atoms with Gasteiger partial charge < -0.3 is 0 Å². The molecular weight excluding hydrogens is 360 g/mol. The SMILES string of the molecule is Cc1c(I)cc(CN=[N+]=[N-])c(C)c1S(=O)(=O)F. The van der Waals surface area contributed by atoms with Gasteiger partial charge in [0.05, 0.1) is 6.54 Å². The largest absolute Gasteiger partial charge is 0.332 e. The molecule has 17 heavy (non-hydrogen) atoms. The monoisotopic (exact) mass is 369 g/mol. The van der Waals surface area contributed by atoms with Crippen LogP contribution in [-0.2, 0) is 16.8 Å². The molecule has 8 heteroatoms. The maximum absolute atomic E-state index is 13.2. The minimum atomic E-state index is -4.77. The minimum absolute atomic E-state index is 0.00113. The van der Waals surface area contributed by atoms with Crippen LogP contribution in [0.2, 0.25) is 0 Å². The highest BCUT2D eigenvalue weighted by molar-refractivity contribution is 14.1. The molecule has 0 bridgehead atoms. The lowest BCUT2D eigenvalue weighted by Crippen LogP contribution is -2.04. The molecule has 0 amide bonds. The van der Waals surface area contributed by atoms with E-state index in [1.165, 1.54) is 6.92 Å². The number of benzene rings is 1. The number of halogens is 2. The zero-order valence-electron chi connectivity index (χ0n) is 9.11. The van der Waals surface area contributed by atoms with Crippen molar-refractivity contribution in [1.82, 2.24) is 0 Å². The normalized spacial score (nSPS) is 11.1.